The molecule has 0 aliphatic carbocycles. The molecule has 1 rings (SSSR count). The maximum atomic E-state index is 4.84. The topological polar surface area (TPSA) is 38.7 Å². The monoisotopic (exact) mass is 417 g/mol. The minimum atomic E-state index is 1.01. The Morgan fingerprint density at radius 2 is 0.600 bits per heavy atom. The maximum Gasteiger partial charge on any atom is 0.132 e. The van der Waals surface area contributed by atoms with Crippen molar-refractivity contribution in [3.8, 4) is 0 Å². The van der Waals surface area contributed by atoms with Crippen LogP contribution in [0, 0.1) is 0 Å². The molecule has 3 heteroatoms. The first-order valence-electron chi connectivity index (χ1n) is 13.5. The third-order valence-electron chi connectivity index (χ3n) is 6.04. The van der Waals surface area contributed by atoms with Gasteiger partial charge in [0.15, 0.2) is 0 Å². The molecular formula is C27H51N3. The molecule has 174 valence electrons. The number of unbranched alkanes of at least 4 members (excludes halogenated alkanes) is 15. The second kappa shape index (κ2) is 19.9. The van der Waals surface area contributed by atoms with E-state index in [1.54, 1.807) is 0 Å². The van der Waals surface area contributed by atoms with Gasteiger partial charge < -0.3 is 0 Å². The van der Waals surface area contributed by atoms with Crippen molar-refractivity contribution in [1.82, 2.24) is 15.0 Å². The first-order valence-corrected chi connectivity index (χ1v) is 13.5. The van der Waals surface area contributed by atoms with Gasteiger partial charge in [-0.3, -0.25) is 0 Å². The Labute approximate surface area is 188 Å². The zero-order valence-corrected chi connectivity index (χ0v) is 20.7. The highest BCUT2D eigenvalue weighted by Gasteiger charge is 2.07. The molecule has 0 N–H and O–H groups in total. The Bertz CT molecular complexity index is 463. The molecule has 0 aromatic carbocycles. The van der Waals surface area contributed by atoms with Crippen LogP contribution in [0.4, 0.5) is 0 Å². The molecule has 0 unspecified atom stereocenters. The smallest absolute Gasteiger partial charge is 0.132 e. The molecule has 0 saturated heterocycles. The van der Waals surface area contributed by atoms with Gasteiger partial charge in [0.25, 0.3) is 0 Å². The Morgan fingerprint density at radius 1 is 0.333 bits per heavy atom. The van der Waals surface area contributed by atoms with Crippen molar-refractivity contribution < 1.29 is 0 Å². The van der Waals surface area contributed by atoms with E-state index in [1.807, 2.05) is 0 Å². The van der Waals surface area contributed by atoms with E-state index < -0.39 is 0 Å². The third-order valence-corrected chi connectivity index (χ3v) is 6.04. The summed E-state index contributed by atoms with van der Waals surface area (Å²) in [4.78, 5) is 14.4. The van der Waals surface area contributed by atoms with E-state index in [1.165, 1.54) is 116 Å². The van der Waals surface area contributed by atoms with E-state index in [0.717, 1.165) is 36.7 Å². The van der Waals surface area contributed by atoms with Gasteiger partial charge in [-0.15, -0.1) is 0 Å². The largest absolute Gasteiger partial charge is 0.218 e. The minimum absolute atomic E-state index is 1.01. The van der Waals surface area contributed by atoms with Crippen LogP contribution in [0.15, 0.2) is 0 Å². The van der Waals surface area contributed by atoms with Crippen LogP contribution in [0.3, 0.4) is 0 Å². The van der Waals surface area contributed by atoms with E-state index in [9.17, 15) is 0 Å². The van der Waals surface area contributed by atoms with Crippen molar-refractivity contribution in [3.63, 3.8) is 0 Å². The van der Waals surface area contributed by atoms with Gasteiger partial charge in [-0.05, 0) is 19.3 Å². The molecule has 1 aromatic heterocycles. The van der Waals surface area contributed by atoms with Gasteiger partial charge in [0.2, 0.25) is 0 Å². The standard InChI is InChI=1S/C27H51N3/c1-4-7-10-12-14-16-18-20-23-26-28-25(22-9-6-3)29-27(30-26)24-21-19-17-15-13-11-8-5-2/h4-24H2,1-3H3. The van der Waals surface area contributed by atoms with Gasteiger partial charge in [0.05, 0.1) is 0 Å². The molecule has 3 nitrogen and oxygen atoms in total. The van der Waals surface area contributed by atoms with Crippen LogP contribution < -0.4 is 0 Å². The van der Waals surface area contributed by atoms with Crippen molar-refractivity contribution in [2.24, 2.45) is 0 Å². The first kappa shape index (κ1) is 27.0. The van der Waals surface area contributed by atoms with Crippen LogP contribution in [0.5, 0.6) is 0 Å². The van der Waals surface area contributed by atoms with Crippen molar-refractivity contribution in [2.45, 2.75) is 156 Å². The van der Waals surface area contributed by atoms with E-state index in [0.29, 0.717) is 0 Å². The predicted molar refractivity (Wildman–Crippen MR) is 131 cm³/mol. The first-order chi connectivity index (χ1) is 14.8. The molecule has 1 heterocycles. The van der Waals surface area contributed by atoms with Crippen LogP contribution in [0.1, 0.15) is 154 Å². The van der Waals surface area contributed by atoms with E-state index in [4.69, 9.17) is 15.0 Å². The highest BCUT2D eigenvalue weighted by Crippen LogP contribution is 2.13. The second-order valence-corrected chi connectivity index (χ2v) is 9.14. The lowest BCUT2D eigenvalue weighted by Gasteiger charge is -2.08. The highest BCUT2D eigenvalue weighted by molar-refractivity contribution is 4.98. The van der Waals surface area contributed by atoms with Crippen LogP contribution in [0.25, 0.3) is 0 Å². The number of hydrogen-bond acceptors (Lipinski definition) is 3. The Balaban J connectivity index is 2.34. The number of aryl methyl sites for hydroxylation is 3. The summed E-state index contributed by atoms with van der Waals surface area (Å²) in [6.45, 7) is 6.81. The molecule has 0 saturated carbocycles. The molecule has 1 aromatic rings. The van der Waals surface area contributed by atoms with Crippen LogP contribution in [0.2, 0.25) is 0 Å². The van der Waals surface area contributed by atoms with Gasteiger partial charge >= 0.3 is 0 Å². The van der Waals surface area contributed by atoms with E-state index in [2.05, 4.69) is 20.8 Å². The number of rotatable bonds is 21. The molecule has 0 atom stereocenters. The van der Waals surface area contributed by atoms with Gasteiger partial charge in [-0.1, -0.05) is 117 Å². The lowest BCUT2D eigenvalue weighted by Crippen LogP contribution is -2.08. The van der Waals surface area contributed by atoms with Gasteiger partial charge in [-0.25, -0.2) is 15.0 Å². The van der Waals surface area contributed by atoms with E-state index >= 15 is 0 Å². The summed E-state index contributed by atoms with van der Waals surface area (Å²) >= 11 is 0. The fraction of sp³-hybridized carbons (Fsp3) is 0.889. The summed E-state index contributed by atoms with van der Waals surface area (Å²) in [5.74, 6) is 3.14. The molecule has 0 radical (unpaired) electrons. The van der Waals surface area contributed by atoms with Crippen LogP contribution in [-0.4, -0.2) is 15.0 Å². The van der Waals surface area contributed by atoms with Crippen LogP contribution in [-0.2, 0) is 19.3 Å². The number of aromatic nitrogens is 3. The predicted octanol–water partition coefficient (Wildman–Crippen LogP) is 8.58. The highest BCUT2D eigenvalue weighted by atomic mass is 15.0. The quantitative estimate of drug-likeness (QED) is 0.188. The molecule has 0 amide bonds. The van der Waals surface area contributed by atoms with Crippen molar-refractivity contribution in [2.75, 3.05) is 0 Å². The Morgan fingerprint density at radius 3 is 0.933 bits per heavy atom. The summed E-state index contributed by atoms with van der Waals surface area (Å²) in [5, 5.41) is 0. The summed E-state index contributed by atoms with van der Waals surface area (Å²) in [5.41, 5.74) is 0. The average molecular weight is 418 g/mol. The molecule has 30 heavy (non-hydrogen) atoms. The molecular weight excluding hydrogens is 366 g/mol. The van der Waals surface area contributed by atoms with Crippen molar-refractivity contribution in [1.29, 1.82) is 0 Å². The van der Waals surface area contributed by atoms with Gasteiger partial charge in [0.1, 0.15) is 17.5 Å². The molecule has 0 fully saturated rings. The lowest BCUT2D eigenvalue weighted by atomic mass is 10.1. The number of hydrogen-bond donors (Lipinski definition) is 0. The summed E-state index contributed by atoms with van der Waals surface area (Å²) in [6, 6.07) is 0. The van der Waals surface area contributed by atoms with Gasteiger partial charge in [-0.2, -0.15) is 0 Å². The Kier molecular flexibility index (Phi) is 18.0. The molecule has 0 aliphatic rings. The summed E-state index contributed by atoms with van der Waals surface area (Å²) in [7, 11) is 0. The average Bonchev–Trinajstić information content (AvgIpc) is 2.76. The van der Waals surface area contributed by atoms with E-state index in [-0.39, 0.29) is 0 Å². The van der Waals surface area contributed by atoms with Crippen LogP contribution >= 0.6 is 0 Å². The minimum Gasteiger partial charge on any atom is -0.218 e. The zero-order valence-electron chi connectivity index (χ0n) is 20.7. The van der Waals surface area contributed by atoms with Crippen molar-refractivity contribution in [3.05, 3.63) is 17.5 Å². The van der Waals surface area contributed by atoms with Crippen molar-refractivity contribution >= 4 is 0 Å². The fourth-order valence-corrected chi connectivity index (χ4v) is 4.03. The molecule has 0 spiro atoms. The third kappa shape index (κ3) is 14.9. The maximum absolute atomic E-state index is 4.84. The summed E-state index contributed by atoms with van der Waals surface area (Å²) < 4.78 is 0. The normalized spacial score (nSPS) is 11.3. The Hall–Kier alpha value is -0.990. The summed E-state index contributed by atoms with van der Waals surface area (Å²) in [6.07, 6.45) is 27.1. The number of nitrogens with zero attached hydrogens (tertiary/aromatic N) is 3. The SMILES string of the molecule is CCCCCCCCCCc1nc(CCCC)nc(CCCCCCCCCC)n1. The fourth-order valence-electron chi connectivity index (χ4n) is 4.03. The van der Waals surface area contributed by atoms with Gasteiger partial charge in [0, 0.05) is 19.3 Å². The zero-order chi connectivity index (χ0) is 21.7. The lowest BCUT2D eigenvalue weighted by molar-refractivity contribution is 0.562. The molecule has 0 bridgehead atoms. The molecule has 0 aliphatic heterocycles. The second-order valence-electron chi connectivity index (χ2n) is 9.14.